The van der Waals surface area contributed by atoms with Gasteiger partial charge in [-0.25, -0.2) is 15.0 Å². The summed E-state index contributed by atoms with van der Waals surface area (Å²) in [6.07, 6.45) is -4.53. The van der Waals surface area contributed by atoms with E-state index in [1.165, 1.54) is 18.2 Å². The Kier molecular flexibility index (Phi) is 4.54. The van der Waals surface area contributed by atoms with Gasteiger partial charge in [-0.1, -0.05) is 30.3 Å². The third-order valence-electron chi connectivity index (χ3n) is 5.17. The third kappa shape index (κ3) is 3.41. The van der Waals surface area contributed by atoms with E-state index in [1.54, 1.807) is 18.2 Å². The zero-order valence-electron chi connectivity index (χ0n) is 17.1. The number of aromatic amines is 1. The minimum absolute atomic E-state index is 0.0235. The fourth-order valence-electron chi connectivity index (χ4n) is 3.80. The summed E-state index contributed by atoms with van der Waals surface area (Å²) in [7, 11) is 0. The number of fused-ring (bicyclic) bond motifs is 2. The molecule has 2 N–H and O–H groups in total. The van der Waals surface area contributed by atoms with Crippen molar-refractivity contribution in [3.63, 3.8) is 0 Å². The first-order chi connectivity index (χ1) is 15.3. The molecule has 0 bridgehead atoms. The quantitative estimate of drug-likeness (QED) is 0.367. The molecule has 0 atom stereocenters. The normalized spacial score (nSPS) is 11.9. The minimum atomic E-state index is -4.53. The van der Waals surface area contributed by atoms with E-state index in [1.807, 2.05) is 26.0 Å². The zero-order chi connectivity index (χ0) is 22.5. The Balaban J connectivity index is 1.70. The zero-order valence-corrected chi connectivity index (χ0v) is 17.1. The van der Waals surface area contributed by atoms with Crippen LogP contribution in [0.25, 0.3) is 33.3 Å². The van der Waals surface area contributed by atoms with Crippen molar-refractivity contribution in [1.29, 1.82) is 0 Å². The molecular weight excluding hydrogens is 417 g/mol. The molecule has 160 valence electrons. The van der Waals surface area contributed by atoms with Gasteiger partial charge in [0.2, 0.25) is 0 Å². The van der Waals surface area contributed by atoms with Crippen molar-refractivity contribution >= 4 is 33.6 Å². The number of benzene rings is 2. The lowest BCUT2D eigenvalue weighted by Gasteiger charge is -2.14. The van der Waals surface area contributed by atoms with Gasteiger partial charge in [0.05, 0.1) is 16.5 Å². The van der Waals surface area contributed by atoms with Gasteiger partial charge < -0.3 is 5.32 Å². The number of rotatable bonds is 3. The van der Waals surface area contributed by atoms with E-state index in [4.69, 9.17) is 0 Å². The van der Waals surface area contributed by atoms with Crippen molar-refractivity contribution in [3.05, 3.63) is 71.4 Å². The van der Waals surface area contributed by atoms with Crippen LogP contribution >= 0.6 is 0 Å². The largest absolute Gasteiger partial charge is 0.417 e. The van der Waals surface area contributed by atoms with Gasteiger partial charge in [0.1, 0.15) is 5.82 Å². The van der Waals surface area contributed by atoms with Crippen LogP contribution in [0, 0.1) is 13.8 Å². The van der Waals surface area contributed by atoms with Crippen molar-refractivity contribution in [1.82, 2.24) is 25.1 Å². The highest BCUT2D eigenvalue weighted by Gasteiger charge is 2.34. The topological polar surface area (TPSA) is 79.4 Å². The van der Waals surface area contributed by atoms with Gasteiger partial charge in [0.25, 0.3) is 0 Å². The molecule has 5 rings (SSSR count). The molecular formula is C23H17F3N6. The molecule has 0 amide bonds. The average Bonchev–Trinajstić information content (AvgIpc) is 3.15. The number of anilines is 2. The maximum atomic E-state index is 13.6. The van der Waals surface area contributed by atoms with Crippen LogP contribution < -0.4 is 5.32 Å². The number of aryl methyl sites for hydroxylation is 2. The number of nitrogens with zero attached hydrogens (tertiary/aromatic N) is 4. The molecule has 6 nitrogen and oxygen atoms in total. The second kappa shape index (κ2) is 7.30. The smallest absolute Gasteiger partial charge is 0.322 e. The lowest BCUT2D eigenvalue weighted by atomic mass is 10.1. The molecule has 0 fully saturated rings. The van der Waals surface area contributed by atoms with E-state index in [9.17, 15) is 13.2 Å². The predicted octanol–water partition coefficient (Wildman–Crippen LogP) is 5.95. The van der Waals surface area contributed by atoms with Crippen LogP contribution in [-0.2, 0) is 6.18 Å². The SMILES string of the molecule is Cc1cc(C)c2c(Nc3nc(-c4ccccc4C(F)(F)F)nc4ccccc34)n[nH]c2n1. The second-order valence-corrected chi connectivity index (χ2v) is 7.46. The molecule has 0 aliphatic carbocycles. The molecule has 32 heavy (non-hydrogen) atoms. The number of hydrogen-bond donors (Lipinski definition) is 2. The van der Waals surface area contributed by atoms with Crippen LogP contribution in [0.1, 0.15) is 16.8 Å². The minimum Gasteiger partial charge on any atom is -0.322 e. The van der Waals surface area contributed by atoms with E-state index in [0.29, 0.717) is 28.2 Å². The molecule has 0 aliphatic heterocycles. The second-order valence-electron chi connectivity index (χ2n) is 7.46. The fraction of sp³-hybridized carbons (Fsp3) is 0.130. The Morgan fingerprint density at radius 3 is 2.44 bits per heavy atom. The number of aromatic nitrogens is 5. The van der Waals surface area contributed by atoms with Gasteiger partial charge in [-0.15, -0.1) is 0 Å². The van der Waals surface area contributed by atoms with Crippen LogP contribution in [0.5, 0.6) is 0 Å². The van der Waals surface area contributed by atoms with Gasteiger partial charge in [0.15, 0.2) is 17.3 Å². The van der Waals surface area contributed by atoms with Crippen LogP contribution in [0.3, 0.4) is 0 Å². The average molecular weight is 434 g/mol. The van der Waals surface area contributed by atoms with Crippen molar-refractivity contribution in [2.24, 2.45) is 0 Å². The monoisotopic (exact) mass is 434 g/mol. The van der Waals surface area contributed by atoms with E-state index in [0.717, 1.165) is 22.7 Å². The Morgan fingerprint density at radius 2 is 1.62 bits per heavy atom. The van der Waals surface area contributed by atoms with E-state index in [2.05, 4.69) is 30.5 Å². The lowest BCUT2D eigenvalue weighted by Crippen LogP contribution is -2.08. The highest BCUT2D eigenvalue weighted by atomic mass is 19.4. The van der Waals surface area contributed by atoms with Gasteiger partial charge in [-0.3, -0.25) is 5.10 Å². The standard InChI is InChI=1S/C23H17F3N6/c1-12-11-13(2)27-21-18(12)22(32-31-21)30-20-15-8-4-6-10-17(15)28-19(29-20)14-7-3-5-9-16(14)23(24,25)26/h3-11H,1-2H3,(H2,27,28,29,30,31,32). The summed E-state index contributed by atoms with van der Waals surface area (Å²) in [5.74, 6) is 0.824. The lowest BCUT2D eigenvalue weighted by molar-refractivity contribution is -0.137. The van der Waals surface area contributed by atoms with Crippen LogP contribution in [0.4, 0.5) is 24.8 Å². The van der Waals surface area contributed by atoms with Crippen LogP contribution in [0.15, 0.2) is 54.6 Å². The highest BCUT2D eigenvalue weighted by Crippen LogP contribution is 2.37. The van der Waals surface area contributed by atoms with Crippen molar-refractivity contribution in [2.45, 2.75) is 20.0 Å². The number of H-pyrrole nitrogens is 1. The molecule has 0 unspecified atom stereocenters. The van der Waals surface area contributed by atoms with Crippen LogP contribution in [0.2, 0.25) is 0 Å². The maximum absolute atomic E-state index is 13.6. The van der Waals surface area contributed by atoms with Gasteiger partial charge >= 0.3 is 6.18 Å². The maximum Gasteiger partial charge on any atom is 0.417 e. The van der Waals surface area contributed by atoms with Crippen molar-refractivity contribution in [3.8, 4) is 11.4 Å². The van der Waals surface area contributed by atoms with E-state index < -0.39 is 11.7 Å². The number of hydrogen-bond acceptors (Lipinski definition) is 5. The number of halogens is 3. The van der Waals surface area contributed by atoms with Gasteiger partial charge in [0, 0.05) is 16.6 Å². The third-order valence-corrected chi connectivity index (χ3v) is 5.17. The number of alkyl halides is 3. The molecule has 0 radical (unpaired) electrons. The summed E-state index contributed by atoms with van der Waals surface area (Å²) >= 11 is 0. The van der Waals surface area contributed by atoms with E-state index >= 15 is 0 Å². The Bertz CT molecular complexity index is 1470. The van der Waals surface area contributed by atoms with E-state index in [-0.39, 0.29) is 11.4 Å². The van der Waals surface area contributed by atoms with Gasteiger partial charge in [-0.2, -0.15) is 18.3 Å². The summed E-state index contributed by atoms with van der Waals surface area (Å²) < 4.78 is 40.8. The molecule has 0 spiro atoms. The summed E-state index contributed by atoms with van der Waals surface area (Å²) in [5.41, 5.74) is 2.07. The number of para-hydroxylation sites is 1. The summed E-state index contributed by atoms with van der Waals surface area (Å²) in [6.45, 7) is 3.84. The first-order valence-corrected chi connectivity index (χ1v) is 9.84. The fourth-order valence-corrected chi connectivity index (χ4v) is 3.80. The highest BCUT2D eigenvalue weighted by molar-refractivity contribution is 5.97. The molecule has 9 heteroatoms. The number of pyridine rings is 1. The summed E-state index contributed by atoms with van der Waals surface area (Å²) in [4.78, 5) is 13.3. The number of nitrogens with one attached hydrogen (secondary N) is 2. The first-order valence-electron chi connectivity index (χ1n) is 9.84. The Hall–Kier alpha value is -4.01. The molecule has 2 aromatic carbocycles. The molecule has 0 saturated heterocycles. The predicted molar refractivity (Wildman–Crippen MR) is 117 cm³/mol. The van der Waals surface area contributed by atoms with Crippen molar-refractivity contribution < 1.29 is 13.2 Å². The van der Waals surface area contributed by atoms with Crippen LogP contribution in [-0.4, -0.2) is 25.1 Å². The molecule has 3 heterocycles. The summed E-state index contributed by atoms with van der Waals surface area (Å²) in [6, 6.07) is 14.4. The summed E-state index contributed by atoms with van der Waals surface area (Å²) in [5, 5.41) is 11.9. The first kappa shape index (κ1) is 19.9. The Morgan fingerprint density at radius 1 is 0.875 bits per heavy atom. The molecule has 0 saturated carbocycles. The Labute approximate surface area is 180 Å². The van der Waals surface area contributed by atoms with Crippen molar-refractivity contribution in [2.75, 3.05) is 5.32 Å². The molecule has 0 aliphatic rings. The molecule has 3 aromatic heterocycles. The van der Waals surface area contributed by atoms with Gasteiger partial charge in [-0.05, 0) is 43.7 Å². The molecule has 5 aromatic rings.